The summed E-state index contributed by atoms with van der Waals surface area (Å²) in [6.07, 6.45) is 3.84. The maximum Gasteiger partial charge on any atom is 0.119 e. The number of nitrogens with one attached hydrogen (secondary N) is 1. The molecule has 1 aromatic rings. The summed E-state index contributed by atoms with van der Waals surface area (Å²) in [5.74, 6) is 0.926. The summed E-state index contributed by atoms with van der Waals surface area (Å²) < 4.78 is 5.41. The Hall–Kier alpha value is -1.22. The van der Waals surface area contributed by atoms with Gasteiger partial charge in [0.25, 0.3) is 0 Å². The van der Waals surface area contributed by atoms with Crippen LogP contribution >= 0.6 is 0 Å². The van der Waals surface area contributed by atoms with E-state index < -0.39 is 0 Å². The molecule has 0 aromatic heterocycles. The predicted octanol–water partition coefficient (Wildman–Crippen LogP) is 2.63. The van der Waals surface area contributed by atoms with Gasteiger partial charge in [-0.1, -0.05) is 6.42 Å². The van der Waals surface area contributed by atoms with Crippen LogP contribution in [0.4, 0.5) is 5.69 Å². The summed E-state index contributed by atoms with van der Waals surface area (Å²) in [4.78, 5) is 0. The number of anilines is 1. The zero-order valence-electron chi connectivity index (χ0n) is 10.5. The minimum absolute atomic E-state index is 0.346. The van der Waals surface area contributed by atoms with Crippen molar-refractivity contribution < 1.29 is 4.74 Å². The maximum absolute atomic E-state index is 5.84. The molecule has 1 aliphatic carbocycles. The second-order valence-electron chi connectivity index (χ2n) is 4.87. The van der Waals surface area contributed by atoms with E-state index in [1.807, 2.05) is 19.1 Å². The van der Waals surface area contributed by atoms with E-state index in [0.29, 0.717) is 12.0 Å². The zero-order chi connectivity index (χ0) is 12.1. The average Bonchev–Trinajstić information content (AvgIpc) is 2.31. The van der Waals surface area contributed by atoms with Gasteiger partial charge in [-0.05, 0) is 56.0 Å². The molecule has 0 bridgehead atoms. The van der Waals surface area contributed by atoms with Crippen LogP contribution in [-0.4, -0.2) is 19.7 Å². The first-order chi connectivity index (χ1) is 8.28. The Bertz CT molecular complexity index is 338. The van der Waals surface area contributed by atoms with Crippen LogP contribution in [-0.2, 0) is 0 Å². The summed E-state index contributed by atoms with van der Waals surface area (Å²) >= 11 is 0. The molecule has 0 radical (unpaired) electrons. The summed E-state index contributed by atoms with van der Waals surface area (Å²) in [6.45, 7) is 4.48. The standard InChI is InChI=1S/C14H22N2O/c1-2-17-13-6-4-12(5-7-13)16-11-14(10-15)8-3-9-14/h4-7,16H,2-3,8-11,15H2,1H3. The van der Waals surface area contributed by atoms with Gasteiger partial charge in [-0.25, -0.2) is 0 Å². The number of hydrogen-bond donors (Lipinski definition) is 2. The maximum atomic E-state index is 5.84. The van der Waals surface area contributed by atoms with Crippen LogP contribution in [0.2, 0.25) is 0 Å². The number of ether oxygens (including phenoxy) is 1. The van der Waals surface area contributed by atoms with E-state index in [1.54, 1.807) is 0 Å². The fourth-order valence-electron chi connectivity index (χ4n) is 2.26. The van der Waals surface area contributed by atoms with Gasteiger partial charge >= 0.3 is 0 Å². The van der Waals surface area contributed by atoms with Gasteiger partial charge < -0.3 is 15.8 Å². The first-order valence-electron chi connectivity index (χ1n) is 6.45. The zero-order valence-corrected chi connectivity index (χ0v) is 10.5. The molecule has 1 saturated carbocycles. The summed E-state index contributed by atoms with van der Waals surface area (Å²) in [7, 11) is 0. The van der Waals surface area contributed by atoms with E-state index in [0.717, 1.165) is 24.5 Å². The third kappa shape index (κ3) is 2.91. The predicted molar refractivity (Wildman–Crippen MR) is 71.4 cm³/mol. The second-order valence-corrected chi connectivity index (χ2v) is 4.87. The molecule has 0 aliphatic heterocycles. The van der Waals surface area contributed by atoms with Gasteiger partial charge in [0, 0.05) is 12.2 Å². The van der Waals surface area contributed by atoms with Crippen molar-refractivity contribution in [3.63, 3.8) is 0 Å². The van der Waals surface area contributed by atoms with Crippen LogP contribution in [0.1, 0.15) is 26.2 Å². The van der Waals surface area contributed by atoms with Crippen LogP contribution < -0.4 is 15.8 Å². The lowest BCUT2D eigenvalue weighted by Gasteiger charge is -2.41. The van der Waals surface area contributed by atoms with Gasteiger partial charge in [-0.3, -0.25) is 0 Å². The molecular formula is C14H22N2O. The number of nitrogens with two attached hydrogens (primary N) is 1. The first kappa shape index (κ1) is 12.2. The van der Waals surface area contributed by atoms with E-state index in [1.165, 1.54) is 19.3 Å². The summed E-state index contributed by atoms with van der Waals surface area (Å²) in [6, 6.07) is 8.13. The normalized spacial score (nSPS) is 17.3. The van der Waals surface area contributed by atoms with Crippen molar-refractivity contribution in [3.8, 4) is 5.75 Å². The molecule has 3 heteroatoms. The van der Waals surface area contributed by atoms with E-state index in [4.69, 9.17) is 10.5 Å². The van der Waals surface area contributed by atoms with Crippen molar-refractivity contribution in [3.05, 3.63) is 24.3 Å². The van der Waals surface area contributed by atoms with Crippen molar-refractivity contribution >= 4 is 5.69 Å². The molecule has 0 amide bonds. The molecule has 3 N–H and O–H groups in total. The quantitative estimate of drug-likeness (QED) is 0.795. The Kier molecular flexibility index (Phi) is 3.89. The monoisotopic (exact) mass is 234 g/mol. The van der Waals surface area contributed by atoms with Crippen molar-refractivity contribution in [1.82, 2.24) is 0 Å². The van der Waals surface area contributed by atoms with E-state index >= 15 is 0 Å². The van der Waals surface area contributed by atoms with E-state index in [9.17, 15) is 0 Å². The largest absolute Gasteiger partial charge is 0.494 e. The van der Waals surface area contributed by atoms with Crippen LogP contribution in [0.5, 0.6) is 5.75 Å². The van der Waals surface area contributed by atoms with Gasteiger partial charge in [0.15, 0.2) is 0 Å². The van der Waals surface area contributed by atoms with Gasteiger partial charge in [0.1, 0.15) is 5.75 Å². The molecule has 0 spiro atoms. The Labute approximate surface area is 103 Å². The lowest BCUT2D eigenvalue weighted by atomic mass is 9.69. The Morgan fingerprint density at radius 1 is 1.29 bits per heavy atom. The molecule has 0 atom stereocenters. The number of rotatable bonds is 6. The van der Waals surface area contributed by atoms with E-state index in [-0.39, 0.29) is 0 Å². The van der Waals surface area contributed by atoms with Crippen LogP contribution in [0.15, 0.2) is 24.3 Å². The van der Waals surface area contributed by atoms with Crippen molar-refractivity contribution in [2.45, 2.75) is 26.2 Å². The molecule has 1 aromatic carbocycles. The lowest BCUT2D eigenvalue weighted by Crippen LogP contribution is -2.42. The van der Waals surface area contributed by atoms with Crippen LogP contribution in [0, 0.1) is 5.41 Å². The van der Waals surface area contributed by atoms with Gasteiger partial charge in [0.2, 0.25) is 0 Å². The molecule has 17 heavy (non-hydrogen) atoms. The van der Waals surface area contributed by atoms with Crippen molar-refractivity contribution in [2.75, 3.05) is 25.0 Å². The highest BCUT2D eigenvalue weighted by Crippen LogP contribution is 2.39. The molecule has 0 unspecified atom stereocenters. The molecule has 94 valence electrons. The number of benzene rings is 1. The summed E-state index contributed by atoms with van der Waals surface area (Å²) in [5, 5.41) is 3.47. The first-order valence-corrected chi connectivity index (χ1v) is 6.45. The SMILES string of the molecule is CCOc1ccc(NCC2(CN)CCC2)cc1. The Balaban J connectivity index is 1.86. The fraction of sp³-hybridized carbons (Fsp3) is 0.571. The molecule has 3 nitrogen and oxygen atoms in total. The Morgan fingerprint density at radius 3 is 2.47 bits per heavy atom. The molecule has 0 heterocycles. The minimum Gasteiger partial charge on any atom is -0.494 e. The van der Waals surface area contributed by atoms with Crippen LogP contribution in [0.25, 0.3) is 0 Å². The van der Waals surface area contributed by atoms with Gasteiger partial charge in [-0.2, -0.15) is 0 Å². The topological polar surface area (TPSA) is 47.3 Å². The molecule has 2 rings (SSSR count). The van der Waals surface area contributed by atoms with E-state index in [2.05, 4.69) is 17.4 Å². The number of hydrogen-bond acceptors (Lipinski definition) is 3. The molecule has 1 aliphatic rings. The third-order valence-electron chi connectivity index (χ3n) is 3.68. The smallest absolute Gasteiger partial charge is 0.119 e. The molecular weight excluding hydrogens is 212 g/mol. The average molecular weight is 234 g/mol. The third-order valence-corrected chi connectivity index (χ3v) is 3.68. The van der Waals surface area contributed by atoms with Crippen molar-refractivity contribution in [2.24, 2.45) is 11.1 Å². The summed E-state index contributed by atoms with van der Waals surface area (Å²) in [5.41, 5.74) is 7.33. The molecule has 0 saturated heterocycles. The highest BCUT2D eigenvalue weighted by molar-refractivity contribution is 5.46. The highest BCUT2D eigenvalue weighted by Gasteiger charge is 2.35. The molecule has 1 fully saturated rings. The van der Waals surface area contributed by atoms with Gasteiger partial charge in [0.05, 0.1) is 6.61 Å². The van der Waals surface area contributed by atoms with Gasteiger partial charge in [-0.15, -0.1) is 0 Å². The lowest BCUT2D eigenvalue weighted by molar-refractivity contribution is 0.163. The minimum atomic E-state index is 0.346. The fourth-order valence-corrected chi connectivity index (χ4v) is 2.26. The van der Waals surface area contributed by atoms with Crippen LogP contribution in [0.3, 0.4) is 0 Å². The van der Waals surface area contributed by atoms with Crippen molar-refractivity contribution in [1.29, 1.82) is 0 Å². The highest BCUT2D eigenvalue weighted by atomic mass is 16.5. The Morgan fingerprint density at radius 2 is 2.00 bits per heavy atom. The second kappa shape index (κ2) is 5.41.